The van der Waals surface area contributed by atoms with Crippen LogP contribution in [0, 0.1) is 0 Å². The molecule has 2 rings (SSSR count). The summed E-state index contributed by atoms with van der Waals surface area (Å²) in [5.74, 6) is 0. The maximum atomic E-state index is 4.55. The SMILES string of the molecule is C=C(CCC)c1nc2ccccc2s1. The van der Waals surface area contributed by atoms with Gasteiger partial charge in [0.1, 0.15) is 5.01 Å². The van der Waals surface area contributed by atoms with Gasteiger partial charge in [0.05, 0.1) is 10.2 Å². The van der Waals surface area contributed by atoms with Crippen LogP contribution in [0.3, 0.4) is 0 Å². The van der Waals surface area contributed by atoms with Crippen molar-refractivity contribution in [2.45, 2.75) is 19.8 Å². The summed E-state index contributed by atoms with van der Waals surface area (Å²) in [5.41, 5.74) is 2.25. The van der Waals surface area contributed by atoms with Gasteiger partial charge in [-0.05, 0) is 24.1 Å². The van der Waals surface area contributed by atoms with Crippen LogP contribution < -0.4 is 0 Å². The molecule has 0 bridgehead atoms. The maximum absolute atomic E-state index is 4.55. The molecule has 0 radical (unpaired) electrons. The van der Waals surface area contributed by atoms with Crippen molar-refractivity contribution in [3.63, 3.8) is 0 Å². The molecular formula is C12H13NS. The van der Waals surface area contributed by atoms with Gasteiger partial charge >= 0.3 is 0 Å². The Bertz CT molecular complexity index is 423. The summed E-state index contributed by atoms with van der Waals surface area (Å²) in [6.45, 7) is 6.22. The second-order valence-corrected chi connectivity index (χ2v) is 4.37. The highest BCUT2D eigenvalue weighted by molar-refractivity contribution is 7.19. The second-order valence-electron chi connectivity index (χ2n) is 3.34. The standard InChI is InChI=1S/C12H13NS/c1-3-6-9(2)12-13-10-7-4-5-8-11(10)14-12/h4-5,7-8H,2-3,6H2,1H3. The van der Waals surface area contributed by atoms with Crippen LogP contribution in [0.15, 0.2) is 30.8 Å². The molecule has 1 heterocycles. The van der Waals surface area contributed by atoms with Crippen molar-refractivity contribution in [3.8, 4) is 0 Å². The van der Waals surface area contributed by atoms with Crippen LogP contribution >= 0.6 is 11.3 Å². The Balaban J connectivity index is 2.40. The molecule has 0 atom stereocenters. The molecular weight excluding hydrogens is 190 g/mol. The van der Waals surface area contributed by atoms with E-state index in [4.69, 9.17) is 0 Å². The number of aromatic nitrogens is 1. The minimum Gasteiger partial charge on any atom is -0.236 e. The van der Waals surface area contributed by atoms with Crippen LogP contribution in [0.1, 0.15) is 24.8 Å². The number of allylic oxidation sites excluding steroid dienone is 1. The van der Waals surface area contributed by atoms with Crippen LogP contribution in [0.25, 0.3) is 15.8 Å². The number of fused-ring (bicyclic) bond motifs is 1. The number of thiazole rings is 1. The molecule has 0 saturated heterocycles. The van der Waals surface area contributed by atoms with E-state index in [2.05, 4.69) is 30.6 Å². The van der Waals surface area contributed by atoms with Crippen molar-refractivity contribution in [2.24, 2.45) is 0 Å². The molecule has 0 amide bonds. The van der Waals surface area contributed by atoms with E-state index in [1.165, 1.54) is 4.70 Å². The first-order valence-corrected chi connectivity index (χ1v) is 5.66. The zero-order valence-electron chi connectivity index (χ0n) is 8.29. The summed E-state index contributed by atoms with van der Waals surface area (Å²) >= 11 is 1.73. The summed E-state index contributed by atoms with van der Waals surface area (Å²) in [6, 6.07) is 8.23. The van der Waals surface area contributed by atoms with E-state index >= 15 is 0 Å². The van der Waals surface area contributed by atoms with Gasteiger partial charge in [0, 0.05) is 0 Å². The van der Waals surface area contributed by atoms with E-state index in [1.807, 2.05) is 12.1 Å². The smallest absolute Gasteiger partial charge is 0.119 e. The number of nitrogens with zero attached hydrogens (tertiary/aromatic N) is 1. The molecule has 0 aliphatic heterocycles. The summed E-state index contributed by atoms with van der Waals surface area (Å²) in [7, 11) is 0. The third-order valence-corrected chi connectivity index (χ3v) is 3.29. The lowest BCUT2D eigenvalue weighted by atomic mass is 10.2. The Kier molecular flexibility index (Phi) is 2.64. The predicted molar refractivity (Wildman–Crippen MR) is 63.6 cm³/mol. The number of rotatable bonds is 3. The van der Waals surface area contributed by atoms with Gasteiger partial charge in [-0.1, -0.05) is 32.1 Å². The van der Waals surface area contributed by atoms with Crippen molar-refractivity contribution >= 4 is 27.1 Å². The first-order valence-electron chi connectivity index (χ1n) is 4.85. The van der Waals surface area contributed by atoms with Crippen molar-refractivity contribution in [3.05, 3.63) is 35.9 Å². The summed E-state index contributed by atoms with van der Waals surface area (Å²) in [6.07, 6.45) is 2.18. The summed E-state index contributed by atoms with van der Waals surface area (Å²) in [4.78, 5) is 4.55. The molecule has 0 N–H and O–H groups in total. The largest absolute Gasteiger partial charge is 0.236 e. The van der Waals surface area contributed by atoms with Gasteiger partial charge in [-0.25, -0.2) is 4.98 Å². The fourth-order valence-corrected chi connectivity index (χ4v) is 2.40. The van der Waals surface area contributed by atoms with Gasteiger partial charge in [0.25, 0.3) is 0 Å². The van der Waals surface area contributed by atoms with Gasteiger partial charge in [-0.15, -0.1) is 11.3 Å². The fraction of sp³-hybridized carbons (Fsp3) is 0.250. The zero-order chi connectivity index (χ0) is 9.97. The molecule has 1 nitrogen and oxygen atoms in total. The molecule has 2 heteroatoms. The van der Waals surface area contributed by atoms with E-state index in [0.717, 1.165) is 28.9 Å². The average Bonchev–Trinajstić information content (AvgIpc) is 2.61. The molecule has 72 valence electrons. The van der Waals surface area contributed by atoms with Gasteiger partial charge in [-0.2, -0.15) is 0 Å². The third kappa shape index (κ3) is 1.70. The lowest BCUT2D eigenvalue weighted by molar-refractivity contribution is 0.973. The lowest BCUT2D eigenvalue weighted by Crippen LogP contribution is -1.79. The van der Waals surface area contributed by atoms with Crippen LogP contribution in [0.5, 0.6) is 0 Å². The highest BCUT2D eigenvalue weighted by Gasteiger charge is 2.05. The predicted octanol–water partition coefficient (Wildman–Crippen LogP) is 4.11. The third-order valence-electron chi connectivity index (χ3n) is 2.15. The molecule has 2 aromatic rings. The first kappa shape index (κ1) is 9.41. The molecule has 0 aliphatic carbocycles. The monoisotopic (exact) mass is 203 g/mol. The second kappa shape index (κ2) is 3.93. The van der Waals surface area contributed by atoms with Gasteiger partial charge in [0.15, 0.2) is 0 Å². The van der Waals surface area contributed by atoms with Crippen LogP contribution in [-0.4, -0.2) is 4.98 Å². The van der Waals surface area contributed by atoms with Crippen molar-refractivity contribution < 1.29 is 0 Å². The van der Waals surface area contributed by atoms with Gasteiger partial charge < -0.3 is 0 Å². The topological polar surface area (TPSA) is 12.9 Å². The van der Waals surface area contributed by atoms with Crippen molar-refractivity contribution in [2.75, 3.05) is 0 Å². The Hall–Kier alpha value is -1.15. The number of hydrogen-bond donors (Lipinski definition) is 0. The van der Waals surface area contributed by atoms with E-state index in [1.54, 1.807) is 11.3 Å². The van der Waals surface area contributed by atoms with Crippen LogP contribution in [0.2, 0.25) is 0 Å². The van der Waals surface area contributed by atoms with E-state index < -0.39 is 0 Å². The van der Waals surface area contributed by atoms with E-state index in [0.29, 0.717) is 0 Å². The molecule has 0 fully saturated rings. The van der Waals surface area contributed by atoms with Crippen molar-refractivity contribution in [1.82, 2.24) is 4.98 Å². The van der Waals surface area contributed by atoms with E-state index in [9.17, 15) is 0 Å². The first-order chi connectivity index (χ1) is 6.81. The summed E-state index contributed by atoms with van der Waals surface area (Å²) in [5, 5.41) is 1.09. The highest BCUT2D eigenvalue weighted by Crippen LogP contribution is 2.27. The quantitative estimate of drug-likeness (QED) is 0.731. The Morgan fingerprint density at radius 1 is 1.43 bits per heavy atom. The number of hydrogen-bond acceptors (Lipinski definition) is 2. The number of para-hydroxylation sites is 1. The number of benzene rings is 1. The zero-order valence-corrected chi connectivity index (χ0v) is 9.10. The fourth-order valence-electron chi connectivity index (χ4n) is 1.43. The van der Waals surface area contributed by atoms with Crippen LogP contribution in [0.4, 0.5) is 0 Å². The average molecular weight is 203 g/mol. The van der Waals surface area contributed by atoms with Crippen molar-refractivity contribution in [1.29, 1.82) is 0 Å². The summed E-state index contributed by atoms with van der Waals surface area (Å²) < 4.78 is 1.25. The Morgan fingerprint density at radius 3 is 2.93 bits per heavy atom. The minimum absolute atomic E-state index is 1.04. The maximum Gasteiger partial charge on any atom is 0.119 e. The molecule has 0 saturated carbocycles. The minimum atomic E-state index is 1.04. The van der Waals surface area contributed by atoms with Gasteiger partial charge in [-0.3, -0.25) is 0 Å². The van der Waals surface area contributed by atoms with E-state index in [-0.39, 0.29) is 0 Å². The molecule has 0 aliphatic rings. The van der Waals surface area contributed by atoms with Crippen LogP contribution in [-0.2, 0) is 0 Å². The molecule has 0 spiro atoms. The molecule has 1 aromatic heterocycles. The molecule has 14 heavy (non-hydrogen) atoms. The lowest BCUT2D eigenvalue weighted by Gasteiger charge is -1.96. The Labute approximate surface area is 88.1 Å². The highest BCUT2D eigenvalue weighted by atomic mass is 32.1. The Morgan fingerprint density at radius 2 is 2.21 bits per heavy atom. The molecule has 1 aromatic carbocycles. The normalized spacial score (nSPS) is 10.6. The van der Waals surface area contributed by atoms with Gasteiger partial charge in [0.2, 0.25) is 0 Å². The molecule has 0 unspecified atom stereocenters.